The molecule has 0 aliphatic carbocycles. The van der Waals surface area contributed by atoms with Crippen LogP contribution in [0.3, 0.4) is 0 Å². The Hall–Kier alpha value is -2.34. The maximum atomic E-state index is 12.4. The predicted octanol–water partition coefficient (Wildman–Crippen LogP) is 1.48. The smallest absolute Gasteiger partial charge is 0.329 e. The number of aliphatic carboxylic acids is 1. The Kier molecular flexibility index (Phi) is 3.17. The lowest BCUT2D eigenvalue weighted by Crippen LogP contribution is -2.63. The number of carbonyl (C=O) groups excluding carboxylic acids is 1. The van der Waals surface area contributed by atoms with Gasteiger partial charge < -0.3 is 19.7 Å². The molecule has 1 fully saturated rings. The van der Waals surface area contributed by atoms with E-state index in [1.165, 1.54) is 0 Å². The van der Waals surface area contributed by atoms with Crippen molar-refractivity contribution in [3.05, 3.63) is 36.0 Å². The van der Waals surface area contributed by atoms with E-state index in [2.05, 4.69) is 4.98 Å². The molecule has 21 heavy (non-hydrogen) atoms. The zero-order valence-electron chi connectivity index (χ0n) is 11.6. The molecule has 0 atom stereocenters. The molecule has 3 rings (SSSR count). The van der Waals surface area contributed by atoms with Gasteiger partial charge >= 0.3 is 5.97 Å². The number of carboxylic acid groups (broad SMARTS) is 1. The van der Waals surface area contributed by atoms with Gasteiger partial charge in [-0.25, -0.2) is 4.79 Å². The quantitative estimate of drug-likeness (QED) is 0.892. The molecule has 1 aliphatic heterocycles. The summed E-state index contributed by atoms with van der Waals surface area (Å²) in [5, 5.41) is 9.68. The van der Waals surface area contributed by atoms with E-state index in [0.29, 0.717) is 18.7 Å². The van der Waals surface area contributed by atoms with Gasteiger partial charge in [-0.1, -0.05) is 6.07 Å². The molecule has 1 aromatic heterocycles. The minimum atomic E-state index is -1.00. The van der Waals surface area contributed by atoms with Gasteiger partial charge in [0, 0.05) is 17.3 Å². The van der Waals surface area contributed by atoms with Crippen molar-refractivity contribution in [3.63, 3.8) is 0 Å². The molecule has 6 heteroatoms. The molecule has 0 spiro atoms. The number of carboxylic acids is 1. The van der Waals surface area contributed by atoms with E-state index >= 15 is 0 Å². The number of hydrogen-bond donors (Lipinski definition) is 2. The molecule has 0 bridgehead atoms. The van der Waals surface area contributed by atoms with E-state index in [1.807, 2.05) is 31.3 Å². The first-order valence-corrected chi connectivity index (χ1v) is 6.69. The first kappa shape index (κ1) is 13.6. The van der Waals surface area contributed by atoms with Crippen LogP contribution in [0.15, 0.2) is 30.5 Å². The normalized spacial score (nSPS) is 16.7. The van der Waals surface area contributed by atoms with Crippen LogP contribution in [0.25, 0.3) is 10.9 Å². The van der Waals surface area contributed by atoms with Crippen molar-refractivity contribution >= 4 is 22.8 Å². The summed E-state index contributed by atoms with van der Waals surface area (Å²) in [6.07, 6.45) is 1.83. The average Bonchev–Trinajstić information content (AvgIpc) is 2.88. The molecule has 0 saturated carbocycles. The first-order chi connectivity index (χ1) is 9.97. The Morgan fingerprint density at radius 2 is 2.14 bits per heavy atom. The zero-order valence-corrected chi connectivity index (χ0v) is 11.6. The third kappa shape index (κ3) is 2.62. The fourth-order valence-electron chi connectivity index (χ4n) is 2.60. The monoisotopic (exact) mass is 288 g/mol. The van der Waals surface area contributed by atoms with Crippen LogP contribution in [-0.4, -0.2) is 52.2 Å². The lowest BCUT2D eigenvalue weighted by atomic mass is 9.95. The van der Waals surface area contributed by atoms with E-state index in [0.717, 1.165) is 10.9 Å². The molecular formula is C15H16N2O4. The number of hydrogen-bond acceptors (Lipinski definition) is 3. The number of ether oxygens (including phenoxy) is 1. The molecule has 0 radical (unpaired) electrons. The highest BCUT2D eigenvalue weighted by Crippen LogP contribution is 2.27. The third-order valence-corrected chi connectivity index (χ3v) is 3.68. The lowest BCUT2D eigenvalue weighted by Gasteiger charge is -2.47. The lowest BCUT2D eigenvalue weighted by molar-refractivity contribution is -0.159. The number of nitrogens with zero attached hydrogens (tertiary/aromatic N) is 1. The maximum absolute atomic E-state index is 12.4. The summed E-state index contributed by atoms with van der Waals surface area (Å²) in [4.78, 5) is 27.6. The van der Waals surface area contributed by atoms with Gasteiger partial charge in [0.1, 0.15) is 12.2 Å². The molecule has 1 aromatic carbocycles. The SMILES string of the molecule is CC1(OCC(=O)O)CN(C(=O)c2ccc3cc[nH]c3c2)C1. The van der Waals surface area contributed by atoms with E-state index in [9.17, 15) is 9.59 Å². The Labute approximate surface area is 121 Å². The molecule has 1 saturated heterocycles. The summed E-state index contributed by atoms with van der Waals surface area (Å²) >= 11 is 0. The summed E-state index contributed by atoms with van der Waals surface area (Å²) in [5.41, 5.74) is 0.974. The number of benzene rings is 1. The number of carbonyl (C=O) groups is 2. The van der Waals surface area contributed by atoms with Crippen LogP contribution in [0.4, 0.5) is 0 Å². The standard InChI is InChI=1S/C15H16N2O4/c1-15(21-7-13(18)19)8-17(9-15)14(20)11-3-2-10-4-5-16-12(10)6-11/h2-6,16H,7-9H2,1H3,(H,18,19). The zero-order chi connectivity index (χ0) is 15.0. The van der Waals surface area contributed by atoms with Crippen molar-refractivity contribution in [3.8, 4) is 0 Å². The van der Waals surface area contributed by atoms with Gasteiger partial charge in [0.25, 0.3) is 5.91 Å². The van der Waals surface area contributed by atoms with E-state index < -0.39 is 11.6 Å². The van der Waals surface area contributed by atoms with Crippen LogP contribution < -0.4 is 0 Å². The molecule has 1 amide bonds. The van der Waals surface area contributed by atoms with E-state index in [-0.39, 0.29) is 12.5 Å². The molecule has 2 N–H and O–H groups in total. The number of aromatic amines is 1. The molecule has 2 aromatic rings. The van der Waals surface area contributed by atoms with Crippen molar-refractivity contribution in [2.75, 3.05) is 19.7 Å². The topological polar surface area (TPSA) is 82.6 Å². The van der Waals surface area contributed by atoms with Crippen molar-refractivity contribution in [2.24, 2.45) is 0 Å². The van der Waals surface area contributed by atoms with Gasteiger partial charge in [0.15, 0.2) is 0 Å². The molecule has 0 unspecified atom stereocenters. The van der Waals surface area contributed by atoms with E-state index in [1.54, 1.807) is 11.0 Å². The fourth-order valence-corrected chi connectivity index (χ4v) is 2.60. The van der Waals surface area contributed by atoms with Gasteiger partial charge in [-0.3, -0.25) is 4.79 Å². The highest BCUT2D eigenvalue weighted by molar-refractivity contribution is 5.98. The predicted molar refractivity (Wildman–Crippen MR) is 76.2 cm³/mol. The van der Waals surface area contributed by atoms with Crippen LogP contribution in [-0.2, 0) is 9.53 Å². The Morgan fingerprint density at radius 1 is 1.38 bits per heavy atom. The number of fused-ring (bicyclic) bond motifs is 1. The molecule has 110 valence electrons. The summed E-state index contributed by atoms with van der Waals surface area (Å²) in [5.74, 6) is -1.07. The molecule has 2 heterocycles. The van der Waals surface area contributed by atoms with Crippen molar-refractivity contribution < 1.29 is 19.4 Å². The largest absolute Gasteiger partial charge is 0.480 e. The summed E-state index contributed by atoms with van der Waals surface area (Å²) in [6, 6.07) is 7.47. The summed E-state index contributed by atoms with van der Waals surface area (Å²) in [6.45, 7) is 2.28. The number of likely N-dealkylation sites (tertiary alicyclic amines) is 1. The first-order valence-electron chi connectivity index (χ1n) is 6.69. The van der Waals surface area contributed by atoms with Crippen molar-refractivity contribution in [1.29, 1.82) is 0 Å². The second kappa shape index (κ2) is 4.89. The van der Waals surface area contributed by atoms with Crippen LogP contribution in [0.5, 0.6) is 0 Å². The Balaban J connectivity index is 1.66. The van der Waals surface area contributed by atoms with E-state index in [4.69, 9.17) is 9.84 Å². The maximum Gasteiger partial charge on any atom is 0.329 e. The molecule has 6 nitrogen and oxygen atoms in total. The molecule has 1 aliphatic rings. The van der Waals surface area contributed by atoms with Crippen molar-refractivity contribution in [2.45, 2.75) is 12.5 Å². The summed E-state index contributed by atoms with van der Waals surface area (Å²) < 4.78 is 5.30. The van der Waals surface area contributed by atoms with Crippen molar-refractivity contribution in [1.82, 2.24) is 9.88 Å². The fraction of sp³-hybridized carbons (Fsp3) is 0.333. The number of amides is 1. The minimum Gasteiger partial charge on any atom is -0.480 e. The van der Waals surface area contributed by atoms with Gasteiger partial charge in [0.2, 0.25) is 0 Å². The minimum absolute atomic E-state index is 0.0668. The second-order valence-corrected chi connectivity index (χ2v) is 5.57. The Morgan fingerprint density at radius 3 is 2.86 bits per heavy atom. The second-order valence-electron chi connectivity index (χ2n) is 5.57. The highest BCUT2D eigenvalue weighted by Gasteiger charge is 2.42. The number of H-pyrrole nitrogens is 1. The average molecular weight is 288 g/mol. The number of aromatic nitrogens is 1. The summed E-state index contributed by atoms with van der Waals surface area (Å²) in [7, 11) is 0. The van der Waals surface area contributed by atoms with Gasteiger partial charge in [-0.15, -0.1) is 0 Å². The van der Waals surface area contributed by atoms with Crippen LogP contribution >= 0.6 is 0 Å². The number of rotatable bonds is 4. The van der Waals surface area contributed by atoms with Crippen LogP contribution in [0, 0.1) is 0 Å². The van der Waals surface area contributed by atoms with Crippen LogP contribution in [0.1, 0.15) is 17.3 Å². The van der Waals surface area contributed by atoms with Gasteiger partial charge in [-0.2, -0.15) is 0 Å². The van der Waals surface area contributed by atoms with Gasteiger partial charge in [-0.05, 0) is 30.5 Å². The van der Waals surface area contributed by atoms with Gasteiger partial charge in [0.05, 0.1) is 13.1 Å². The Bertz CT molecular complexity index is 701. The highest BCUT2D eigenvalue weighted by atomic mass is 16.5. The number of nitrogens with one attached hydrogen (secondary N) is 1. The third-order valence-electron chi connectivity index (χ3n) is 3.68. The molecular weight excluding hydrogens is 272 g/mol. The van der Waals surface area contributed by atoms with Crippen LogP contribution in [0.2, 0.25) is 0 Å².